The Bertz CT molecular complexity index is 534. The third-order valence-corrected chi connectivity index (χ3v) is 5.69. The number of carbonyl (C=O) groups excluding carboxylic acids is 2. The van der Waals surface area contributed by atoms with Crippen LogP contribution < -0.4 is 9.47 Å². The largest absolute Gasteiger partial charge is 0.487 e. The van der Waals surface area contributed by atoms with E-state index in [9.17, 15) is 9.59 Å². The van der Waals surface area contributed by atoms with Crippen LogP contribution in [0.4, 0.5) is 0 Å². The van der Waals surface area contributed by atoms with E-state index in [1.807, 2.05) is 0 Å². The van der Waals surface area contributed by atoms with Crippen LogP contribution in [0.2, 0.25) is 0 Å². The van der Waals surface area contributed by atoms with Gasteiger partial charge in [0.2, 0.25) is 0 Å². The summed E-state index contributed by atoms with van der Waals surface area (Å²) in [4.78, 5) is 25.6. The van der Waals surface area contributed by atoms with Crippen molar-refractivity contribution in [2.24, 2.45) is 0 Å². The molecule has 0 aromatic carbocycles. The number of rotatable bonds is 22. The summed E-state index contributed by atoms with van der Waals surface area (Å²) in [5, 5.41) is 0. The van der Waals surface area contributed by atoms with E-state index in [0.717, 1.165) is 25.7 Å². The molecule has 178 valence electrons. The predicted octanol–water partition coefficient (Wildman–Crippen LogP) is 7.68. The van der Waals surface area contributed by atoms with Gasteiger partial charge in [-0.05, 0) is 12.8 Å². The number of aromatic amines is 1. The number of carbonyl (C=O) groups is 2. The van der Waals surface area contributed by atoms with Gasteiger partial charge in [0.15, 0.2) is 24.1 Å². The number of hydrogen-bond acceptors (Lipinski definition) is 4. The molecule has 0 fully saturated rings. The van der Waals surface area contributed by atoms with Crippen LogP contribution in [0.15, 0.2) is 0 Å². The van der Waals surface area contributed by atoms with Crippen LogP contribution in [0.3, 0.4) is 0 Å². The number of ether oxygens (including phenoxy) is 2. The number of aldehydes is 2. The van der Waals surface area contributed by atoms with Gasteiger partial charge in [-0.15, -0.1) is 0 Å². The van der Waals surface area contributed by atoms with Gasteiger partial charge in [0.1, 0.15) is 11.4 Å². The van der Waals surface area contributed by atoms with E-state index in [-0.39, 0.29) is 11.4 Å². The zero-order valence-corrected chi connectivity index (χ0v) is 20.0. The number of nitrogens with one attached hydrogen (secondary N) is 1. The highest BCUT2D eigenvalue weighted by Crippen LogP contribution is 2.34. The number of hydrogen-bond donors (Lipinski definition) is 1. The van der Waals surface area contributed by atoms with Crippen LogP contribution in [-0.2, 0) is 0 Å². The molecule has 0 aliphatic rings. The summed E-state index contributed by atoms with van der Waals surface area (Å²) in [6.45, 7) is 5.52. The monoisotopic (exact) mass is 435 g/mol. The molecule has 1 aromatic rings. The van der Waals surface area contributed by atoms with E-state index < -0.39 is 0 Å². The first-order valence-corrected chi connectivity index (χ1v) is 12.7. The molecule has 0 spiro atoms. The molecule has 1 rings (SSSR count). The van der Waals surface area contributed by atoms with Crippen molar-refractivity contribution in [1.82, 2.24) is 4.98 Å². The topological polar surface area (TPSA) is 68.4 Å². The summed E-state index contributed by atoms with van der Waals surface area (Å²) in [7, 11) is 0. The zero-order chi connectivity index (χ0) is 22.6. The van der Waals surface area contributed by atoms with Gasteiger partial charge >= 0.3 is 0 Å². The third kappa shape index (κ3) is 12.0. The molecular weight excluding hydrogens is 390 g/mol. The zero-order valence-electron chi connectivity index (χ0n) is 20.0. The van der Waals surface area contributed by atoms with Crippen molar-refractivity contribution < 1.29 is 19.1 Å². The van der Waals surface area contributed by atoms with E-state index in [2.05, 4.69) is 18.8 Å². The molecular formula is C26H45NO4. The van der Waals surface area contributed by atoms with E-state index in [1.54, 1.807) is 0 Å². The Morgan fingerprint density at radius 2 is 0.871 bits per heavy atom. The summed E-state index contributed by atoms with van der Waals surface area (Å²) in [6, 6.07) is 0. The van der Waals surface area contributed by atoms with Crippen LogP contribution in [-0.4, -0.2) is 30.8 Å². The van der Waals surface area contributed by atoms with Gasteiger partial charge in [0.05, 0.1) is 13.2 Å². The molecule has 5 nitrogen and oxygen atoms in total. The Labute approximate surface area is 189 Å². The molecule has 0 aliphatic heterocycles. The Kier molecular flexibility index (Phi) is 16.7. The highest BCUT2D eigenvalue weighted by atomic mass is 16.5. The fourth-order valence-electron chi connectivity index (χ4n) is 3.78. The maximum absolute atomic E-state index is 11.4. The molecule has 1 heterocycles. The van der Waals surface area contributed by atoms with Crippen LogP contribution in [0.1, 0.15) is 138 Å². The van der Waals surface area contributed by atoms with Gasteiger partial charge in [0.25, 0.3) is 0 Å². The molecule has 5 heteroatoms. The average molecular weight is 436 g/mol. The molecule has 0 bridgehead atoms. The normalized spacial score (nSPS) is 10.9. The average Bonchev–Trinajstić information content (AvgIpc) is 3.13. The van der Waals surface area contributed by atoms with Crippen LogP contribution in [0.5, 0.6) is 11.5 Å². The van der Waals surface area contributed by atoms with Crippen molar-refractivity contribution in [2.75, 3.05) is 13.2 Å². The Morgan fingerprint density at radius 1 is 0.548 bits per heavy atom. The lowest BCUT2D eigenvalue weighted by Gasteiger charge is -2.10. The van der Waals surface area contributed by atoms with Gasteiger partial charge in [-0.3, -0.25) is 9.59 Å². The molecule has 0 saturated carbocycles. The fraction of sp³-hybridized carbons (Fsp3) is 0.769. The highest BCUT2D eigenvalue weighted by Gasteiger charge is 2.20. The third-order valence-electron chi connectivity index (χ3n) is 5.69. The quantitative estimate of drug-likeness (QED) is 0.150. The maximum Gasteiger partial charge on any atom is 0.190 e. The standard InChI is InChI=1S/C26H45NO4/c1-3-5-7-9-11-13-15-17-19-30-25-23(21-28)27-24(22-29)26(25)31-20-18-16-14-12-10-8-6-4-2/h21-22,27H,3-20H2,1-2H3. The Hall–Kier alpha value is -1.78. The van der Waals surface area contributed by atoms with Gasteiger partial charge in [-0.25, -0.2) is 0 Å². The summed E-state index contributed by atoms with van der Waals surface area (Å²) in [5.74, 6) is 0.777. The van der Waals surface area contributed by atoms with Crippen molar-refractivity contribution in [3.8, 4) is 11.5 Å². The maximum atomic E-state index is 11.4. The van der Waals surface area contributed by atoms with Crippen molar-refractivity contribution in [3.05, 3.63) is 11.4 Å². The summed E-state index contributed by atoms with van der Waals surface area (Å²) in [5.41, 5.74) is 0.570. The van der Waals surface area contributed by atoms with E-state index in [0.29, 0.717) is 37.3 Å². The summed E-state index contributed by atoms with van der Waals surface area (Å²) in [6.07, 6.45) is 20.9. The first-order chi connectivity index (χ1) is 15.3. The molecule has 0 saturated heterocycles. The minimum absolute atomic E-state index is 0.285. The SMILES string of the molecule is CCCCCCCCCCOc1c(C=O)[nH]c(C=O)c1OCCCCCCCCCC. The smallest absolute Gasteiger partial charge is 0.190 e. The summed E-state index contributed by atoms with van der Waals surface area (Å²) < 4.78 is 11.7. The highest BCUT2D eigenvalue weighted by molar-refractivity contribution is 5.87. The molecule has 0 unspecified atom stereocenters. The summed E-state index contributed by atoms with van der Waals surface area (Å²) >= 11 is 0. The molecule has 0 amide bonds. The Balaban J connectivity index is 2.35. The van der Waals surface area contributed by atoms with Gasteiger partial charge in [-0.2, -0.15) is 0 Å². The predicted molar refractivity (Wildman–Crippen MR) is 128 cm³/mol. The van der Waals surface area contributed by atoms with Crippen LogP contribution in [0, 0.1) is 0 Å². The minimum Gasteiger partial charge on any atom is -0.487 e. The number of unbranched alkanes of at least 4 members (excludes halogenated alkanes) is 14. The second kappa shape index (κ2) is 18.9. The second-order valence-electron chi connectivity index (χ2n) is 8.49. The Morgan fingerprint density at radius 3 is 1.19 bits per heavy atom. The van der Waals surface area contributed by atoms with E-state index in [1.165, 1.54) is 77.0 Å². The van der Waals surface area contributed by atoms with Crippen LogP contribution in [0.25, 0.3) is 0 Å². The second-order valence-corrected chi connectivity index (χ2v) is 8.49. The molecule has 0 atom stereocenters. The number of aromatic nitrogens is 1. The van der Waals surface area contributed by atoms with Gasteiger partial charge < -0.3 is 14.5 Å². The first kappa shape index (κ1) is 27.3. The molecule has 0 radical (unpaired) electrons. The molecule has 31 heavy (non-hydrogen) atoms. The van der Waals surface area contributed by atoms with Gasteiger partial charge in [0, 0.05) is 0 Å². The molecule has 1 N–H and O–H groups in total. The van der Waals surface area contributed by atoms with E-state index >= 15 is 0 Å². The minimum atomic E-state index is 0.285. The van der Waals surface area contributed by atoms with Crippen molar-refractivity contribution >= 4 is 12.6 Å². The van der Waals surface area contributed by atoms with Crippen molar-refractivity contribution in [3.63, 3.8) is 0 Å². The lowest BCUT2D eigenvalue weighted by atomic mass is 10.1. The van der Waals surface area contributed by atoms with Gasteiger partial charge in [-0.1, -0.05) is 104 Å². The fourth-order valence-corrected chi connectivity index (χ4v) is 3.78. The van der Waals surface area contributed by atoms with Crippen LogP contribution >= 0.6 is 0 Å². The van der Waals surface area contributed by atoms with E-state index in [4.69, 9.17) is 9.47 Å². The molecule has 1 aromatic heterocycles. The van der Waals surface area contributed by atoms with Crippen molar-refractivity contribution in [2.45, 2.75) is 117 Å². The first-order valence-electron chi connectivity index (χ1n) is 12.7. The van der Waals surface area contributed by atoms with Crippen molar-refractivity contribution in [1.29, 1.82) is 0 Å². The lowest BCUT2D eigenvalue weighted by Crippen LogP contribution is -2.03. The molecule has 0 aliphatic carbocycles. The lowest BCUT2D eigenvalue weighted by molar-refractivity contribution is 0.111. The number of H-pyrrole nitrogens is 1.